The lowest BCUT2D eigenvalue weighted by Crippen LogP contribution is -2.03. The zero-order chi connectivity index (χ0) is 15.1. The van der Waals surface area contributed by atoms with Crippen molar-refractivity contribution in [2.75, 3.05) is 0 Å². The van der Waals surface area contributed by atoms with Gasteiger partial charge in [0.1, 0.15) is 0 Å². The van der Waals surface area contributed by atoms with Gasteiger partial charge in [-0.1, -0.05) is 26.0 Å². The first-order valence-corrected chi connectivity index (χ1v) is 6.90. The molecule has 0 aliphatic rings. The second kappa shape index (κ2) is 7.40. The average Bonchev–Trinajstić information content (AvgIpc) is 2.50. The molecule has 0 aliphatic carbocycles. The molecule has 3 nitrogen and oxygen atoms in total. The van der Waals surface area contributed by atoms with E-state index in [0.717, 1.165) is 23.4 Å². The number of rotatable bonds is 2. The molecule has 0 aliphatic heterocycles. The molecule has 2 aromatic rings. The van der Waals surface area contributed by atoms with E-state index in [4.69, 9.17) is 5.26 Å². The van der Waals surface area contributed by atoms with Crippen LogP contribution in [0.25, 0.3) is 0 Å². The van der Waals surface area contributed by atoms with Crippen LogP contribution in [0.3, 0.4) is 0 Å². The zero-order valence-corrected chi connectivity index (χ0v) is 12.9. The molecule has 0 bridgehead atoms. The van der Waals surface area contributed by atoms with Crippen LogP contribution < -0.4 is 0 Å². The Hall–Kier alpha value is -2.21. The smallest absolute Gasteiger partial charge is 0.0991 e. The maximum atomic E-state index is 8.89. The van der Waals surface area contributed by atoms with E-state index in [1.807, 2.05) is 45.0 Å². The first-order chi connectivity index (χ1) is 9.61. The molecule has 0 spiro atoms. The summed E-state index contributed by atoms with van der Waals surface area (Å²) in [4.78, 5) is 0. The van der Waals surface area contributed by atoms with Crippen molar-refractivity contribution in [3.05, 3.63) is 57.9 Å². The van der Waals surface area contributed by atoms with Crippen LogP contribution in [0.2, 0.25) is 0 Å². The third-order valence-electron chi connectivity index (χ3n) is 3.29. The summed E-state index contributed by atoms with van der Waals surface area (Å²) in [7, 11) is 0. The van der Waals surface area contributed by atoms with E-state index < -0.39 is 0 Å². The van der Waals surface area contributed by atoms with Crippen LogP contribution in [0.4, 0.5) is 0 Å². The van der Waals surface area contributed by atoms with Crippen LogP contribution in [0, 0.1) is 32.1 Å². The van der Waals surface area contributed by atoms with Gasteiger partial charge in [0.15, 0.2) is 0 Å². The fraction of sp³-hybridized carbons (Fsp3) is 0.353. The summed E-state index contributed by atoms with van der Waals surface area (Å²) >= 11 is 0. The van der Waals surface area contributed by atoms with Crippen molar-refractivity contribution >= 4 is 0 Å². The number of aromatic nitrogens is 2. The molecule has 2 rings (SSSR count). The molecular formula is C17H21N3. The Kier molecular flexibility index (Phi) is 5.86. The number of nitriles is 1. The SMILES string of the molecule is CC.Cc1nnc(Cc2cccc(C#N)c2)c(C)c1C. The maximum absolute atomic E-state index is 8.89. The molecule has 0 saturated heterocycles. The van der Waals surface area contributed by atoms with Gasteiger partial charge in [-0.05, 0) is 49.6 Å². The number of hydrogen-bond acceptors (Lipinski definition) is 3. The van der Waals surface area contributed by atoms with Crippen LogP contribution in [-0.2, 0) is 6.42 Å². The minimum atomic E-state index is 0.682. The van der Waals surface area contributed by atoms with Crippen LogP contribution in [-0.4, -0.2) is 10.2 Å². The van der Waals surface area contributed by atoms with Gasteiger partial charge in [-0.3, -0.25) is 0 Å². The molecule has 0 unspecified atom stereocenters. The highest BCUT2D eigenvalue weighted by Gasteiger charge is 2.07. The topological polar surface area (TPSA) is 49.6 Å². The Morgan fingerprint density at radius 2 is 1.75 bits per heavy atom. The summed E-state index contributed by atoms with van der Waals surface area (Å²) in [6.45, 7) is 10.1. The molecule has 0 atom stereocenters. The number of hydrogen-bond donors (Lipinski definition) is 0. The molecule has 1 heterocycles. The van der Waals surface area contributed by atoms with Crippen molar-refractivity contribution in [2.45, 2.75) is 41.0 Å². The Morgan fingerprint density at radius 1 is 1.05 bits per heavy atom. The summed E-state index contributed by atoms with van der Waals surface area (Å²) in [5, 5.41) is 17.3. The highest BCUT2D eigenvalue weighted by Crippen LogP contribution is 2.16. The van der Waals surface area contributed by atoms with E-state index in [9.17, 15) is 0 Å². The molecule has 20 heavy (non-hydrogen) atoms. The number of benzene rings is 1. The molecule has 3 heteroatoms. The quantitative estimate of drug-likeness (QED) is 0.829. The van der Waals surface area contributed by atoms with Crippen LogP contribution in [0.1, 0.15) is 47.5 Å². The second-order valence-electron chi connectivity index (χ2n) is 4.47. The van der Waals surface area contributed by atoms with Crippen molar-refractivity contribution < 1.29 is 0 Å². The monoisotopic (exact) mass is 267 g/mol. The van der Waals surface area contributed by atoms with E-state index in [1.54, 1.807) is 0 Å². The highest BCUT2D eigenvalue weighted by molar-refractivity contribution is 5.37. The van der Waals surface area contributed by atoms with Gasteiger partial charge < -0.3 is 0 Å². The highest BCUT2D eigenvalue weighted by atomic mass is 15.1. The molecule has 0 radical (unpaired) electrons. The zero-order valence-electron chi connectivity index (χ0n) is 12.9. The van der Waals surface area contributed by atoms with E-state index in [1.165, 1.54) is 11.1 Å². The summed E-state index contributed by atoms with van der Waals surface area (Å²) in [5.74, 6) is 0. The second-order valence-corrected chi connectivity index (χ2v) is 4.47. The summed E-state index contributed by atoms with van der Waals surface area (Å²) in [6, 6.07) is 9.77. The van der Waals surface area contributed by atoms with Gasteiger partial charge in [0.2, 0.25) is 0 Å². The minimum absolute atomic E-state index is 0.682. The minimum Gasteiger partial charge on any atom is -0.192 e. The lowest BCUT2D eigenvalue weighted by atomic mass is 10.0. The van der Waals surface area contributed by atoms with Crippen molar-refractivity contribution in [2.24, 2.45) is 0 Å². The number of nitrogens with zero attached hydrogens (tertiary/aromatic N) is 3. The van der Waals surface area contributed by atoms with Crippen molar-refractivity contribution in [3.63, 3.8) is 0 Å². The van der Waals surface area contributed by atoms with Gasteiger partial charge >= 0.3 is 0 Å². The first kappa shape index (κ1) is 15.8. The Bertz CT molecular complexity index is 625. The van der Waals surface area contributed by atoms with Crippen molar-refractivity contribution in [1.29, 1.82) is 5.26 Å². The predicted octanol–water partition coefficient (Wildman–Crippen LogP) is 3.89. The third kappa shape index (κ3) is 3.64. The standard InChI is InChI=1S/C15H15N3.C2H6/c1-10-11(2)15(18-17-12(10)3)8-13-5-4-6-14(7-13)9-16;1-2/h4-7H,8H2,1-3H3;1-2H3. The van der Waals surface area contributed by atoms with Gasteiger partial charge in [-0.25, -0.2) is 0 Å². The fourth-order valence-corrected chi connectivity index (χ4v) is 1.89. The lowest BCUT2D eigenvalue weighted by Gasteiger charge is -2.09. The molecule has 0 saturated carbocycles. The van der Waals surface area contributed by atoms with Gasteiger partial charge in [0, 0.05) is 6.42 Å². The van der Waals surface area contributed by atoms with Crippen LogP contribution >= 0.6 is 0 Å². The normalized spacial score (nSPS) is 9.40. The van der Waals surface area contributed by atoms with Gasteiger partial charge in [0.05, 0.1) is 23.0 Å². The van der Waals surface area contributed by atoms with E-state index >= 15 is 0 Å². The molecule has 1 aromatic carbocycles. The molecule has 104 valence electrons. The third-order valence-corrected chi connectivity index (χ3v) is 3.29. The molecular weight excluding hydrogens is 246 g/mol. The van der Waals surface area contributed by atoms with Gasteiger partial charge in [-0.15, -0.1) is 0 Å². The van der Waals surface area contributed by atoms with E-state index in [2.05, 4.69) is 30.1 Å². The predicted molar refractivity (Wildman–Crippen MR) is 81.6 cm³/mol. The van der Waals surface area contributed by atoms with Gasteiger partial charge in [0.25, 0.3) is 0 Å². The molecule has 0 N–H and O–H groups in total. The molecule has 0 fully saturated rings. The number of aryl methyl sites for hydroxylation is 1. The Labute approximate surface area is 121 Å². The summed E-state index contributed by atoms with van der Waals surface area (Å²) in [6.07, 6.45) is 0.718. The van der Waals surface area contributed by atoms with Gasteiger partial charge in [-0.2, -0.15) is 15.5 Å². The summed E-state index contributed by atoms with van der Waals surface area (Å²) < 4.78 is 0. The Balaban J connectivity index is 0.000000956. The van der Waals surface area contributed by atoms with E-state index in [-0.39, 0.29) is 0 Å². The van der Waals surface area contributed by atoms with E-state index in [0.29, 0.717) is 5.56 Å². The van der Waals surface area contributed by atoms with Crippen molar-refractivity contribution in [3.8, 4) is 6.07 Å². The molecule has 1 aromatic heterocycles. The van der Waals surface area contributed by atoms with Crippen LogP contribution in [0.5, 0.6) is 0 Å². The fourth-order valence-electron chi connectivity index (χ4n) is 1.89. The molecule has 0 amide bonds. The van der Waals surface area contributed by atoms with Crippen molar-refractivity contribution in [1.82, 2.24) is 10.2 Å². The maximum Gasteiger partial charge on any atom is 0.0991 e. The average molecular weight is 267 g/mol. The Morgan fingerprint density at radius 3 is 2.40 bits per heavy atom. The largest absolute Gasteiger partial charge is 0.192 e. The lowest BCUT2D eigenvalue weighted by molar-refractivity contribution is 0.874. The van der Waals surface area contributed by atoms with Crippen LogP contribution in [0.15, 0.2) is 24.3 Å². The first-order valence-electron chi connectivity index (χ1n) is 6.90. The summed E-state index contributed by atoms with van der Waals surface area (Å²) in [5.41, 5.74) is 6.10.